The highest BCUT2D eigenvalue weighted by Crippen LogP contribution is 2.39. The van der Waals surface area contributed by atoms with Crippen LogP contribution in [0.25, 0.3) is 22.2 Å². The lowest BCUT2D eigenvalue weighted by molar-refractivity contribution is 0.0230. The van der Waals surface area contributed by atoms with Crippen LogP contribution in [0.2, 0.25) is 0 Å². The summed E-state index contributed by atoms with van der Waals surface area (Å²) in [6, 6.07) is 5.80. The zero-order valence-electron chi connectivity index (χ0n) is 16.9. The molecule has 2 aromatic heterocycles. The van der Waals surface area contributed by atoms with Crippen molar-refractivity contribution < 1.29 is 9.62 Å². The summed E-state index contributed by atoms with van der Waals surface area (Å²) in [5, 5.41) is 9.73. The number of aryl methyl sites for hydroxylation is 2. The third-order valence-corrected chi connectivity index (χ3v) is 6.22. The average Bonchev–Trinajstić information content (AvgIpc) is 3.38. The first-order valence-corrected chi connectivity index (χ1v) is 10.7. The fourth-order valence-electron chi connectivity index (χ4n) is 3.87. The van der Waals surface area contributed by atoms with Gasteiger partial charge >= 0.3 is 0 Å². The molecule has 8 heteroatoms. The van der Waals surface area contributed by atoms with Crippen LogP contribution in [0, 0.1) is 6.92 Å². The Kier molecular flexibility index (Phi) is 5.67. The van der Waals surface area contributed by atoms with Crippen LogP contribution in [0.4, 0.5) is 5.69 Å². The number of oxazole rings is 1. The minimum absolute atomic E-state index is 0.0158. The van der Waals surface area contributed by atoms with E-state index in [1.165, 1.54) is 12.8 Å². The predicted molar refractivity (Wildman–Crippen MR) is 116 cm³/mol. The van der Waals surface area contributed by atoms with Crippen molar-refractivity contribution in [3.63, 3.8) is 0 Å². The lowest BCUT2D eigenvalue weighted by Gasteiger charge is -2.13. The molecule has 1 saturated carbocycles. The van der Waals surface area contributed by atoms with Crippen molar-refractivity contribution in [2.24, 2.45) is 7.05 Å². The Hall–Kier alpha value is -2.29. The van der Waals surface area contributed by atoms with E-state index < -0.39 is 0 Å². The third kappa shape index (κ3) is 4.05. The molecule has 154 valence electrons. The summed E-state index contributed by atoms with van der Waals surface area (Å²) in [6.45, 7) is 4.17. The van der Waals surface area contributed by atoms with E-state index in [1.54, 1.807) is 11.6 Å². The monoisotopic (exact) mass is 414 g/mol. The van der Waals surface area contributed by atoms with E-state index in [4.69, 9.17) is 9.40 Å². The summed E-state index contributed by atoms with van der Waals surface area (Å²) >= 11 is 1.11. The molecule has 1 fully saturated rings. The third-order valence-electron chi connectivity index (χ3n) is 5.42. The summed E-state index contributed by atoms with van der Waals surface area (Å²) in [4.78, 5) is 16.9. The number of nitrogens with one attached hydrogen (secondary N) is 1. The molecule has 3 aromatic rings. The van der Waals surface area contributed by atoms with Crippen LogP contribution in [0.5, 0.6) is 0 Å². The Morgan fingerprint density at radius 3 is 2.79 bits per heavy atom. The maximum Gasteiger partial charge on any atom is 0.253 e. The molecule has 0 radical (unpaired) electrons. The molecule has 1 aliphatic rings. The molecule has 2 N–H and O–H groups in total. The highest BCUT2D eigenvalue weighted by atomic mass is 32.2. The minimum Gasteiger partial charge on any atom is -0.440 e. The van der Waals surface area contributed by atoms with E-state index in [1.807, 2.05) is 38.2 Å². The van der Waals surface area contributed by atoms with Gasteiger partial charge in [0.2, 0.25) is 0 Å². The van der Waals surface area contributed by atoms with Gasteiger partial charge in [0, 0.05) is 48.1 Å². The molecule has 1 aromatic carbocycles. The molecule has 7 nitrogen and oxygen atoms in total. The standard InChI is InChI=1S/C21H26N4O3S/c1-4-25(27)29-23-16-10-17(15-9-13(2)21(26)24(3)12-15)19-18(11-16)22-20(28-19)14-7-5-6-8-14/h9-12,14,23,27H,4-8H2,1-3H3. The van der Waals surface area contributed by atoms with Crippen LogP contribution >= 0.6 is 12.1 Å². The Labute approximate surface area is 174 Å². The second-order valence-corrected chi connectivity index (χ2v) is 8.40. The van der Waals surface area contributed by atoms with Gasteiger partial charge in [0.1, 0.15) is 5.52 Å². The lowest BCUT2D eigenvalue weighted by atomic mass is 10.0. The Bertz CT molecular complexity index is 1060. The van der Waals surface area contributed by atoms with Crippen LogP contribution < -0.4 is 10.3 Å². The Morgan fingerprint density at radius 2 is 2.10 bits per heavy atom. The smallest absolute Gasteiger partial charge is 0.253 e. The first kappa shape index (κ1) is 20.0. The average molecular weight is 415 g/mol. The summed E-state index contributed by atoms with van der Waals surface area (Å²) in [6.07, 6.45) is 6.46. The molecule has 2 heterocycles. The summed E-state index contributed by atoms with van der Waals surface area (Å²) in [5.41, 5.74) is 4.75. The Balaban J connectivity index is 1.83. The van der Waals surface area contributed by atoms with E-state index in [0.29, 0.717) is 18.0 Å². The second-order valence-electron chi connectivity index (χ2n) is 7.60. The maximum absolute atomic E-state index is 12.1. The maximum atomic E-state index is 12.1. The molecule has 0 bridgehead atoms. The van der Waals surface area contributed by atoms with Crippen molar-refractivity contribution in [3.05, 3.63) is 46.2 Å². The highest BCUT2D eigenvalue weighted by Gasteiger charge is 2.24. The molecule has 0 saturated heterocycles. The van der Waals surface area contributed by atoms with E-state index in [2.05, 4.69) is 4.72 Å². The van der Waals surface area contributed by atoms with Gasteiger partial charge in [-0.1, -0.05) is 12.8 Å². The molecular weight excluding hydrogens is 388 g/mol. The van der Waals surface area contributed by atoms with Crippen molar-refractivity contribution in [3.8, 4) is 11.1 Å². The molecule has 4 rings (SSSR count). The molecule has 0 amide bonds. The number of aromatic nitrogens is 2. The normalized spacial score (nSPS) is 14.9. The van der Waals surface area contributed by atoms with E-state index >= 15 is 0 Å². The summed E-state index contributed by atoms with van der Waals surface area (Å²) < 4.78 is 12.1. The number of hydroxylamine groups is 1. The van der Waals surface area contributed by atoms with Crippen molar-refractivity contribution in [2.75, 3.05) is 11.3 Å². The number of rotatable bonds is 6. The number of nitrogens with zero attached hydrogens (tertiary/aromatic N) is 3. The molecule has 0 spiro atoms. The van der Waals surface area contributed by atoms with E-state index in [-0.39, 0.29) is 5.56 Å². The van der Waals surface area contributed by atoms with Crippen molar-refractivity contribution in [2.45, 2.75) is 45.4 Å². The summed E-state index contributed by atoms with van der Waals surface area (Å²) in [7, 11) is 1.75. The van der Waals surface area contributed by atoms with Crippen LogP contribution in [0.1, 0.15) is 50.0 Å². The van der Waals surface area contributed by atoms with Crippen LogP contribution in [0.3, 0.4) is 0 Å². The molecule has 29 heavy (non-hydrogen) atoms. The Morgan fingerprint density at radius 1 is 1.34 bits per heavy atom. The van der Waals surface area contributed by atoms with Crippen LogP contribution in [0.15, 0.2) is 33.6 Å². The zero-order valence-corrected chi connectivity index (χ0v) is 17.8. The number of hydrogen-bond acceptors (Lipinski definition) is 7. The molecule has 0 aliphatic heterocycles. The zero-order chi connectivity index (χ0) is 20.5. The van der Waals surface area contributed by atoms with Crippen LogP contribution in [-0.2, 0) is 7.05 Å². The highest BCUT2D eigenvalue weighted by molar-refractivity contribution is 7.98. The quantitative estimate of drug-likeness (QED) is 0.441. The number of anilines is 1. The van der Waals surface area contributed by atoms with E-state index in [0.717, 1.165) is 63.2 Å². The number of pyridine rings is 1. The lowest BCUT2D eigenvalue weighted by Crippen LogP contribution is -2.18. The first-order valence-electron chi connectivity index (χ1n) is 9.97. The van der Waals surface area contributed by atoms with Gasteiger partial charge in [-0.05, 0) is 44.9 Å². The molecule has 0 unspecified atom stereocenters. The van der Waals surface area contributed by atoms with Crippen molar-refractivity contribution in [1.29, 1.82) is 0 Å². The van der Waals surface area contributed by atoms with Gasteiger partial charge in [-0.15, -0.1) is 4.47 Å². The van der Waals surface area contributed by atoms with Crippen molar-refractivity contribution >= 4 is 28.9 Å². The largest absolute Gasteiger partial charge is 0.440 e. The summed E-state index contributed by atoms with van der Waals surface area (Å²) in [5.74, 6) is 1.17. The second kappa shape index (κ2) is 8.22. The fraction of sp³-hybridized carbons (Fsp3) is 0.429. The van der Waals surface area contributed by atoms with Crippen molar-refractivity contribution in [1.82, 2.24) is 14.0 Å². The minimum atomic E-state index is -0.0158. The van der Waals surface area contributed by atoms with Gasteiger partial charge in [-0.25, -0.2) is 4.98 Å². The topological polar surface area (TPSA) is 83.5 Å². The van der Waals surface area contributed by atoms with E-state index in [9.17, 15) is 10.0 Å². The number of benzene rings is 1. The van der Waals surface area contributed by atoms with Gasteiger partial charge in [0.25, 0.3) is 5.56 Å². The number of fused-ring (bicyclic) bond motifs is 1. The van der Waals surface area contributed by atoms with Gasteiger partial charge < -0.3 is 18.9 Å². The first-order chi connectivity index (χ1) is 14.0. The predicted octanol–water partition coefficient (Wildman–Crippen LogP) is 4.85. The molecular formula is C21H26N4O3S. The number of hydrogen-bond donors (Lipinski definition) is 2. The fourth-order valence-corrected chi connectivity index (χ4v) is 4.32. The van der Waals surface area contributed by atoms with Gasteiger partial charge in [-0.2, -0.15) is 0 Å². The van der Waals surface area contributed by atoms with Gasteiger partial charge in [-0.3, -0.25) is 4.79 Å². The van der Waals surface area contributed by atoms with Gasteiger partial charge in [0.15, 0.2) is 11.5 Å². The molecule has 1 aliphatic carbocycles. The SMILES string of the molecule is CCN(O)SNc1cc(-c2cc(C)c(=O)n(C)c2)c2oc(C3CCCC3)nc2c1. The van der Waals surface area contributed by atoms with Gasteiger partial charge in [0.05, 0.1) is 12.1 Å². The molecule has 0 atom stereocenters. The van der Waals surface area contributed by atoms with Crippen LogP contribution in [-0.4, -0.2) is 25.8 Å².